The number of para-hydroxylation sites is 2. The Kier molecular flexibility index (Phi) is 4.40. The fourth-order valence-corrected chi connectivity index (χ4v) is 3.41. The molecule has 0 spiro atoms. The van der Waals surface area contributed by atoms with E-state index in [9.17, 15) is 9.59 Å². The van der Waals surface area contributed by atoms with Crippen molar-refractivity contribution in [2.24, 2.45) is 0 Å². The molecule has 0 aliphatic heterocycles. The molecule has 5 aromatic rings. The lowest BCUT2D eigenvalue weighted by Crippen LogP contribution is -2.19. The van der Waals surface area contributed by atoms with Crippen LogP contribution in [0.1, 0.15) is 12.1 Å². The predicted octanol–water partition coefficient (Wildman–Crippen LogP) is 2.52. The average molecular weight is 402 g/mol. The molecule has 5 rings (SSSR count). The first-order valence-corrected chi connectivity index (χ1v) is 9.49. The van der Waals surface area contributed by atoms with Gasteiger partial charge >= 0.3 is 5.76 Å². The van der Waals surface area contributed by atoms with Crippen molar-refractivity contribution in [2.75, 3.05) is 5.32 Å². The fourth-order valence-electron chi connectivity index (χ4n) is 3.41. The highest BCUT2D eigenvalue weighted by atomic mass is 16.4. The Morgan fingerprint density at radius 3 is 2.87 bits per heavy atom. The van der Waals surface area contributed by atoms with E-state index in [1.54, 1.807) is 35.3 Å². The molecular weight excluding hydrogens is 384 g/mol. The highest BCUT2D eigenvalue weighted by molar-refractivity contribution is 5.90. The standard InChI is InChI=1S/C21H18N6O3/c28-20(8-10-27-17-5-1-2-6-18(17)30-21(27)29)24-15-11-22-26(13-15)14-16-12-25-9-4-3-7-19(25)23-16/h1-7,9,11-13H,8,10,14H2,(H,24,28). The first-order valence-electron chi connectivity index (χ1n) is 9.49. The summed E-state index contributed by atoms with van der Waals surface area (Å²) < 4.78 is 10.3. The van der Waals surface area contributed by atoms with Gasteiger partial charge in [-0.05, 0) is 24.3 Å². The molecule has 0 aliphatic rings. The number of fused-ring (bicyclic) bond motifs is 2. The number of anilines is 1. The molecule has 30 heavy (non-hydrogen) atoms. The molecule has 0 bridgehead atoms. The number of oxazole rings is 1. The number of pyridine rings is 1. The van der Waals surface area contributed by atoms with Crippen molar-refractivity contribution >= 4 is 28.3 Å². The van der Waals surface area contributed by atoms with E-state index in [-0.39, 0.29) is 18.9 Å². The maximum atomic E-state index is 12.3. The third-order valence-corrected chi connectivity index (χ3v) is 4.79. The number of benzene rings is 1. The summed E-state index contributed by atoms with van der Waals surface area (Å²) in [6.45, 7) is 0.727. The molecule has 0 fully saturated rings. The molecule has 9 heteroatoms. The van der Waals surface area contributed by atoms with Crippen molar-refractivity contribution in [1.82, 2.24) is 23.7 Å². The Balaban J connectivity index is 1.22. The number of rotatable bonds is 6. The summed E-state index contributed by atoms with van der Waals surface area (Å²) in [5, 5.41) is 7.09. The molecule has 0 saturated carbocycles. The number of carbonyl (C=O) groups is 1. The third kappa shape index (κ3) is 3.48. The van der Waals surface area contributed by atoms with Gasteiger partial charge in [0, 0.05) is 31.6 Å². The molecule has 4 aromatic heterocycles. The lowest BCUT2D eigenvalue weighted by atomic mass is 10.3. The van der Waals surface area contributed by atoms with Gasteiger partial charge in [-0.15, -0.1) is 0 Å². The Morgan fingerprint density at radius 1 is 1.10 bits per heavy atom. The smallest absolute Gasteiger partial charge is 0.408 e. The van der Waals surface area contributed by atoms with Gasteiger partial charge in [-0.25, -0.2) is 9.78 Å². The van der Waals surface area contributed by atoms with Crippen LogP contribution in [0.2, 0.25) is 0 Å². The number of carbonyl (C=O) groups excluding carboxylic acids is 1. The van der Waals surface area contributed by atoms with Crippen molar-refractivity contribution in [1.29, 1.82) is 0 Å². The normalized spacial score (nSPS) is 11.3. The third-order valence-electron chi connectivity index (χ3n) is 4.79. The average Bonchev–Trinajstić information content (AvgIpc) is 3.43. The van der Waals surface area contributed by atoms with Crippen molar-refractivity contribution in [3.8, 4) is 0 Å². The number of nitrogens with one attached hydrogen (secondary N) is 1. The minimum Gasteiger partial charge on any atom is -0.408 e. The molecule has 0 atom stereocenters. The quantitative estimate of drug-likeness (QED) is 0.470. The number of nitrogens with zero attached hydrogens (tertiary/aromatic N) is 5. The van der Waals surface area contributed by atoms with Crippen molar-refractivity contribution < 1.29 is 9.21 Å². The molecule has 0 radical (unpaired) electrons. The number of hydrogen-bond acceptors (Lipinski definition) is 5. The molecule has 0 saturated heterocycles. The van der Waals surface area contributed by atoms with Crippen LogP contribution in [0.15, 0.2) is 76.5 Å². The van der Waals surface area contributed by atoms with Gasteiger partial charge in [0.05, 0.1) is 29.6 Å². The van der Waals surface area contributed by atoms with E-state index in [1.165, 1.54) is 4.57 Å². The number of hydrogen-bond donors (Lipinski definition) is 1. The number of amides is 1. The molecule has 9 nitrogen and oxygen atoms in total. The molecule has 1 amide bonds. The van der Waals surface area contributed by atoms with E-state index in [1.807, 2.05) is 41.1 Å². The molecular formula is C21H18N6O3. The van der Waals surface area contributed by atoms with Crippen LogP contribution >= 0.6 is 0 Å². The summed E-state index contributed by atoms with van der Waals surface area (Å²) in [7, 11) is 0. The number of imidazole rings is 1. The van der Waals surface area contributed by atoms with Gasteiger partial charge in [-0.1, -0.05) is 18.2 Å². The van der Waals surface area contributed by atoms with Crippen molar-refractivity contribution in [3.05, 3.63) is 83.5 Å². The maximum absolute atomic E-state index is 12.3. The fraction of sp³-hybridized carbons (Fsp3) is 0.143. The van der Waals surface area contributed by atoms with Gasteiger partial charge in [-0.2, -0.15) is 5.10 Å². The summed E-state index contributed by atoms with van der Waals surface area (Å²) in [6, 6.07) is 13.0. The van der Waals surface area contributed by atoms with Crippen LogP contribution in [-0.4, -0.2) is 29.6 Å². The summed E-state index contributed by atoms with van der Waals surface area (Å²) in [5.74, 6) is -0.677. The molecule has 0 aliphatic carbocycles. The van der Waals surface area contributed by atoms with Gasteiger partial charge in [-0.3, -0.25) is 14.0 Å². The largest absolute Gasteiger partial charge is 0.419 e. The second kappa shape index (κ2) is 7.36. The van der Waals surface area contributed by atoms with Gasteiger partial charge in [0.25, 0.3) is 0 Å². The minimum atomic E-state index is -0.468. The van der Waals surface area contributed by atoms with E-state index < -0.39 is 5.76 Å². The minimum absolute atomic E-state index is 0.140. The zero-order valence-electron chi connectivity index (χ0n) is 15.9. The highest BCUT2D eigenvalue weighted by Gasteiger charge is 2.11. The van der Waals surface area contributed by atoms with Gasteiger partial charge in [0.1, 0.15) is 5.65 Å². The van der Waals surface area contributed by atoms with Gasteiger partial charge in [0.2, 0.25) is 5.91 Å². The second-order valence-corrected chi connectivity index (χ2v) is 6.91. The SMILES string of the molecule is O=C(CCn1c(=O)oc2ccccc21)Nc1cnn(Cc2cn3ccccc3n2)c1. The Labute approximate surface area is 170 Å². The van der Waals surface area contributed by atoms with Crippen LogP contribution in [0, 0.1) is 0 Å². The predicted molar refractivity (Wildman–Crippen MR) is 110 cm³/mol. The van der Waals surface area contributed by atoms with Crippen molar-refractivity contribution in [2.45, 2.75) is 19.5 Å². The van der Waals surface area contributed by atoms with Crippen LogP contribution in [0.25, 0.3) is 16.7 Å². The van der Waals surface area contributed by atoms with E-state index in [0.29, 0.717) is 23.3 Å². The van der Waals surface area contributed by atoms with Crippen LogP contribution in [0.3, 0.4) is 0 Å². The molecule has 4 heterocycles. The zero-order valence-corrected chi connectivity index (χ0v) is 15.9. The second-order valence-electron chi connectivity index (χ2n) is 6.91. The Morgan fingerprint density at radius 2 is 1.97 bits per heavy atom. The van der Waals surface area contributed by atoms with E-state index >= 15 is 0 Å². The Bertz CT molecular complexity index is 1370. The van der Waals surface area contributed by atoms with Crippen LogP contribution < -0.4 is 11.1 Å². The monoisotopic (exact) mass is 402 g/mol. The summed E-state index contributed by atoms with van der Waals surface area (Å²) in [5.41, 5.74) is 3.52. The molecule has 1 N–H and O–H groups in total. The molecule has 0 unspecified atom stereocenters. The summed E-state index contributed by atoms with van der Waals surface area (Å²) >= 11 is 0. The summed E-state index contributed by atoms with van der Waals surface area (Å²) in [4.78, 5) is 28.9. The topological polar surface area (TPSA) is 99.4 Å². The van der Waals surface area contributed by atoms with Gasteiger partial charge < -0.3 is 14.1 Å². The number of aryl methyl sites for hydroxylation is 1. The van der Waals surface area contributed by atoms with Crippen molar-refractivity contribution in [3.63, 3.8) is 0 Å². The summed E-state index contributed by atoms with van der Waals surface area (Å²) in [6.07, 6.45) is 7.37. The lowest BCUT2D eigenvalue weighted by molar-refractivity contribution is -0.116. The van der Waals surface area contributed by atoms with E-state index in [2.05, 4.69) is 15.4 Å². The first-order chi connectivity index (χ1) is 14.7. The zero-order chi connectivity index (χ0) is 20.5. The maximum Gasteiger partial charge on any atom is 0.419 e. The number of aromatic nitrogens is 5. The van der Waals surface area contributed by atoms with Crippen LogP contribution in [-0.2, 0) is 17.9 Å². The van der Waals surface area contributed by atoms with Gasteiger partial charge in [0.15, 0.2) is 5.58 Å². The van der Waals surface area contributed by atoms with Crippen LogP contribution in [0.4, 0.5) is 5.69 Å². The van der Waals surface area contributed by atoms with E-state index in [4.69, 9.17) is 4.42 Å². The highest BCUT2D eigenvalue weighted by Crippen LogP contribution is 2.13. The van der Waals surface area contributed by atoms with Crippen LogP contribution in [0.5, 0.6) is 0 Å². The molecule has 150 valence electrons. The lowest BCUT2D eigenvalue weighted by Gasteiger charge is -2.03. The molecule has 1 aromatic carbocycles. The first kappa shape index (κ1) is 17.9. The van der Waals surface area contributed by atoms with E-state index in [0.717, 1.165) is 11.3 Å². The Hall–Kier alpha value is -4.14.